The first-order valence-corrected chi connectivity index (χ1v) is 10.3. The maximum atomic E-state index is 13.5. The van der Waals surface area contributed by atoms with Gasteiger partial charge in [0, 0.05) is 18.3 Å². The molecule has 0 spiro atoms. The Balaban J connectivity index is 1.91. The van der Waals surface area contributed by atoms with E-state index in [1.165, 1.54) is 0 Å². The fraction of sp³-hybridized carbons (Fsp3) is 1.00. The monoisotopic (exact) mass is 345 g/mol. The van der Waals surface area contributed by atoms with Gasteiger partial charge in [-0.25, -0.2) is 0 Å². The summed E-state index contributed by atoms with van der Waals surface area (Å²) < 4.78 is 72.4. The first-order valence-electron chi connectivity index (χ1n) is 7.44. The van der Waals surface area contributed by atoms with E-state index in [0.717, 1.165) is 19.3 Å². The second-order valence-corrected chi connectivity index (χ2v) is 10.6. The van der Waals surface area contributed by atoms with Crippen LogP contribution in [0.5, 0.6) is 0 Å². The molecule has 8 heteroatoms. The van der Waals surface area contributed by atoms with Crippen LogP contribution in [0.15, 0.2) is 0 Å². The largest absolute Gasteiger partial charge is 0.575 e. The van der Waals surface area contributed by atoms with E-state index >= 15 is 0 Å². The molecule has 3 rings (SSSR count). The zero-order chi connectivity index (χ0) is 15.4. The third kappa shape index (κ3) is 2.83. The summed E-state index contributed by atoms with van der Waals surface area (Å²) in [5.41, 5.74) is -4.24. The molecule has 0 bridgehead atoms. The average Bonchev–Trinajstić information content (AvgIpc) is 2.70. The zero-order valence-electron chi connectivity index (χ0n) is 11.6. The van der Waals surface area contributed by atoms with E-state index < -0.39 is 37.0 Å². The number of halogens is 3. The van der Waals surface area contributed by atoms with Crippen LogP contribution in [0.4, 0.5) is 13.2 Å². The molecule has 0 aromatic rings. The van der Waals surface area contributed by atoms with Crippen LogP contribution in [-0.4, -0.2) is 34.2 Å². The van der Waals surface area contributed by atoms with Crippen LogP contribution in [0, 0.1) is 11.8 Å². The van der Waals surface area contributed by atoms with Gasteiger partial charge in [0.15, 0.2) is 0 Å². The van der Waals surface area contributed by atoms with Crippen molar-refractivity contribution in [2.45, 2.75) is 66.2 Å². The summed E-state index contributed by atoms with van der Waals surface area (Å²) >= 11 is 0. The Labute approximate surface area is 125 Å². The molecule has 6 atom stereocenters. The van der Waals surface area contributed by atoms with E-state index in [9.17, 15) is 26.1 Å². The summed E-state index contributed by atoms with van der Waals surface area (Å²) in [6.07, 6.45) is 4.11. The van der Waals surface area contributed by atoms with Gasteiger partial charge in [0.05, 0.1) is 5.25 Å². The zero-order valence-corrected chi connectivity index (χ0v) is 13.2. The molecular weight excluding hydrogens is 325 g/mol. The van der Waals surface area contributed by atoms with E-state index in [1.807, 2.05) is 0 Å². The summed E-state index contributed by atoms with van der Waals surface area (Å²) in [7, 11) is -5.94. The predicted octanol–water partition coefficient (Wildman–Crippen LogP) is 3.12. The number of fused-ring (bicyclic) bond motifs is 3. The van der Waals surface area contributed by atoms with Crippen LogP contribution >= 0.6 is 0 Å². The molecule has 3 nitrogen and oxygen atoms in total. The molecule has 0 amide bonds. The van der Waals surface area contributed by atoms with Gasteiger partial charge in [0.2, 0.25) is 0 Å². The van der Waals surface area contributed by atoms with Crippen molar-refractivity contribution in [3.8, 4) is 0 Å². The van der Waals surface area contributed by atoms with Crippen molar-refractivity contribution in [1.82, 2.24) is 0 Å². The highest BCUT2D eigenvalue weighted by atomic mass is 32.2. The Morgan fingerprint density at radius 3 is 2.19 bits per heavy atom. The quantitative estimate of drug-likeness (QED) is 0.587. The van der Waals surface area contributed by atoms with Gasteiger partial charge in [-0.15, -0.1) is 13.2 Å². The molecule has 1 saturated heterocycles. The molecule has 2 aliphatic carbocycles. The van der Waals surface area contributed by atoms with Crippen LogP contribution < -0.4 is 0 Å². The summed E-state index contributed by atoms with van der Waals surface area (Å²) in [6, 6.07) is 0. The second-order valence-electron chi connectivity index (χ2n) is 6.46. The lowest BCUT2D eigenvalue weighted by Crippen LogP contribution is -2.43. The summed E-state index contributed by atoms with van der Waals surface area (Å²) in [5, 5.41) is -1.91. The van der Waals surface area contributed by atoms with E-state index in [-0.39, 0.29) is 23.5 Å². The van der Waals surface area contributed by atoms with E-state index in [1.54, 1.807) is 0 Å². The number of rotatable bonds is 1. The normalized spacial score (nSPS) is 44.2. The maximum Gasteiger partial charge on any atom is 0.575 e. The van der Waals surface area contributed by atoms with Gasteiger partial charge in [-0.2, -0.15) is 8.42 Å². The molecule has 2 saturated carbocycles. The summed E-state index contributed by atoms with van der Waals surface area (Å²) in [6.45, 7) is 0. The first kappa shape index (κ1) is 15.9. The van der Waals surface area contributed by atoms with Crippen molar-refractivity contribution in [1.29, 1.82) is 0 Å². The highest BCUT2D eigenvalue weighted by Crippen LogP contribution is 2.56. The minimum Gasteiger partial charge on any atom is -0.285 e. The van der Waals surface area contributed by atoms with Crippen molar-refractivity contribution in [2.24, 2.45) is 11.8 Å². The van der Waals surface area contributed by atoms with Gasteiger partial charge in [0.1, 0.15) is 21.4 Å². The predicted molar refractivity (Wildman–Crippen MR) is 75.6 cm³/mol. The fourth-order valence-corrected chi connectivity index (χ4v) is 9.10. The summed E-state index contributed by atoms with van der Waals surface area (Å²) in [5.74, 6) is 0.106. The topological polar surface area (TPSA) is 54.4 Å². The van der Waals surface area contributed by atoms with Crippen molar-refractivity contribution >= 4 is 21.0 Å². The van der Waals surface area contributed by atoms with Gasteiger partial charge in [-0.3, -0.25) is 4.55 Å². The highest BCUT2D eigenvalue weighted by Gasteiger charge is 2.70. The molecule has 1 N–H and O–H groups in total. The van der Waals surface area contributed by atoms with Crippen molar-refractivity contribution in [3.05, 3.63) is 0 Å². The third-order valence-corrected chi connectivity index (χ3v) is 9.68. The van der Waals surface area contributed by atoms with Gasteiger partial charge in [0.25, 0.3) is 10.1 Å². The van der Waals surface area contributed by atoms with Crippen LogP contribution in [0.2, 0.25) is 0 Å². The molecule has 6 unspecified atom stereocenters. The van der Waals surface area contributed by atoms with Gasteiger partial charge in [-0.1, -0.05) is 6.42 Å². The van der Waals surface area contributed by atoms with Gasteiger partial charge in [-0.05, 0) is 32.1 Å². The fourth-order valence-electron chi connectivity index (χ4n) is 4.67. The van der Waals surface area contributed by atoms with E-state index in [4.69, 9.17) is 0 Å². The molecule has 1 aliphatic heterocycles. The lowest BCUT2D eigenvalue weighted by Gasteiger charge is -2.30. The van der Waals surface area contributed by atoms with E-state index in [0.29, 0.717) is 19.3 Å². The third-order valence-electron chi connectivity index (χ3n) is 5.44. The number of alkyl halides is 3. The summed E-state index contributed by atoms with van der Waals surface area (Å²) in [4.78, 5) is 0. The van der Waals surface area contributed by atoms with Crippen LogP contribution in [0.25, 0.3) is 0 Å². The molecule has 1 heterocycles. The molecule has 0 aromatic heterocycles. The molecular formula is C13H20F3O3S2+. The van der Waals surface area contributed by atoms with Crippen molar-refractivity contribution in [2.75, 3.05) is 0 Å². The van der Waals surface area contributed by atoms with Gasteiger partial charge < -0.3 is 0 Å². The molecule has 0 aromatic carbocycles. The van der Waals surface area contributed by atoms with Crippen LogP contribution in [0.3, 0.4) is 0 Å². The lowest BCUT2D eigenvalue weighted by molar-refractivity contribution is -0.0383. The standard InChI is InChI=1S/C13H19F3O3S2/c14-13(15,16)20-11-4-2-1-3-9(11)10-6-5-8(7-12(10)20)21(17,18)19/h8-12H,1-7H2/p+1. The van der Waals surface area contributed by atoms with Gasteiger partial charge >= 0.3 is 5.51 Å². The molecule has 21 heavy (non-hydrogen) atoms. The highest BCUT2D eigenvalue weighted by molar-refractivity contribution is 7.99. The Hall–Kier alpha value is 0.0500. The Morgan fingerprint density at radius 1 is 0.952 bits per heavy atom. The SMILES string of the molecule is O=S(=O)(O)C1CCC2C3CCCCC3[S+](C(F)(F)F)C2C1. The molecule has 0 radical (unpaired) electrons. The second kappa shape index (κ2) is 5.30. The van der Waals surface area contributed by atoms with Crippen LogP contribution in [-0.2, 0) is 21.0 Å². The average molecular weight is 345 g/mol. The molecule has 122 valence electrons. The number of hydrogen-bond donors (Lipinski definition) is 1. The minimum absolute atomic E-state index is 0.00161. The molecule has 3 fully saturated rings. The van der Waals surface area contributed by atoms with Crippen molar-refractivity contribution < 1.29 is 26.1 Å². The smallest absolute Gasteiger partial charge is 0.285 e. The van der Waals surface area contributed by atoms with E-state index in [2.05, 4.69) is 0 Å². The minimum atomic E-state index is -4.24. The lowest BCUT2D eigenvalue weighted by atomic mass is 9.73. The molecule has 3 aliphatic rings. The number of hydrogen-bond acceptors (Lipinski definition) is 2. The first-order chi connectivity index (χ1) is 9.69. The maximum absolute atomic E-state index is 13.5. The Kier molecular flexibility index (Phi) is 4.02. The Morgan fingerprint density at radius 2 is 1.57 bits per heavy atom. The van der Waals surface area contributed by atoms with Crippen molar-refractivity contribution in [3.63, 3.8) is 0 Å². The Bertz CT molecular complexity index is 505. The van der Waals surface area contributed by atoms with Crippen LogP contribution in [0.1, 0.15) is 44.9 Å².